The van der Waals surface area contributed by atoms with Crippen molar-refractivity contribution in [1.29, 1.82) is 0 Å². The number of carbonyl (C=O) groups is 3. The van der Waals surface area contributed by atoms with Gasteiger partial charge in [0.2, 0.25) is 11.8 Å². The lowest BCUT2D eigenvalue weighted by molar-refractivity contribution is -0.152. The molecule has 1 saturated heterocycles. The van der Waals surface area contributed by atoms with Crippen molar-refractivity contribution < 1.29 is 14.4 Å². The summed E-state index contributed by atoms with van der Waals surface area (Å²) in [6.45, 7) is 9.42. The molecule has 0 bridgehead atoms. The van der Waals surface area contributed by atoms with E-state index >= 15 is 0 Å². The van der Waals surface area contributed by atoms with Gasteiger partial charge < -0.3 is 4.79 Å². The van der Waals surface area contributed by atoms with E-state index in [-0.39, 0.29) is 23.4 Å². The first kappa shape index (κ1) is 18.9. The summed E-state index contributed by atoms with van der Waals surface area (Å²) in [7, 11) is 1.52. The Morgan fingerprint density at radius 2 is 1.77 bits per heavy atom. The minimum atomic E-state index is -0.800. The molecule has 0 aromatic rings. The molecular formula is C17H30BNO3. The normalized spacial score (nSPS) is 19.9. The fraction of sp³-hybridized carbons (Fsp3) is 0.824. The van der Waals surface area contributed by atoms with Crippen LogP contribution in [0.1, 0.15) is 73.1 Å². The van der Waals surface area contributed by atoms with E-state index in [0.29, 0.717) is 6.42 Å². The van der Waals surface area contributed by atoms with Crippen LogP contribution < -0.4 is 0 Å². The number of imide groups is 1. The quantitative estimate of drug-likeness (QED) is 0.393. The summed E-state index contributed by atoms with van der Waals surface area (Å²) < 4.78 is 0. The van der Waals surface area contributed by atoms with Gasteiger partial charge in [-0.2, -0.15) is 0 Å². The van der Waals surface area contributed by atoms with Crippen LogP contribution >= 0.6 is 0 Å². The summed E-state index contributed by atoms with van der Waals surface area (Å²) in [5, 5.41) is 0. The van der Waals surface area contributed by atoms with Gasteiger partial charge in [-0.3, -0.25) is 14.5 Å². The third-order valence-corrected chi connectivity index (χ3v) is 5.61. The number of nitrogens with zero attached hydrogens (tertiary/aromatic N) is 1. The largest absolute Gasteiger partial charge is 0.311 e. The van der Waals surface area contributed by atoms with Crippen molar-refractivity contribution in [2.75, 3.05) is 0 Å². The van der Waals surface area contributed by atoms with Crippen molar-refractivity contribution in [1.82, 2.24) is 4.90 Å². The summed E-state index contributed by atoms with van der Waals surface area (Å²) in [5.74, 6) is -0.433. The topological polar surface area (TPSA) is 54.5 Å². The van der Waals surface area contributed by atoms with Gasteiger partial charge in [0.05, 0.1) is 11.2 Å². The Balaban J connectivity index is 2.86. The van der Waals surface area contributed by atoms with Gasteiger partial charge in [0, 0.05) is 17.8 Å². The Kier molecular flexibility index (Phi) is 5.99. The maximum Gasteiger partial charge on any atom is 0.233 e. The van der Waals surface area contributed by atoms with Gasteiger partial charge in [-0.25, -0.2) is 0 Å². The van der Waals surface area contributed by atoms with Crippen LogP contribution in [0.4, 0.5) is 0 Å². The van der Waals surface area contributed by atoms with Crippen LogP contribution in [-0.2, 0) is 14.4 Å². The molecule has 0 radical (unpaired) electrons. The number of likely N-dealkylation sites (tertiary alicyclic amines) is 1. The average Bonchev–Trinajstić information content (AvgIpc) is 2.69. The number of carbonyl (C=O) groups excluding carboxylic acids is 3. The predicted molar refractivity (Wildman–Crippen MR) is 90.1 cm³/mol. The van der Waals surface area contributed by atoms with Crippen LogP contribution in [0.15, 0.2) is 0 Å². The maximum atomic E-state index is 12.7. The van der Waals surface area contributed by atoms with Crippen LogP contribution in [0.3, 0.4) is 0 Å². The predicted octanol–water partition coefficient (Wildman–Crippen LogP) is 2.30. The van der Waals surface area contributed by atoms with Crippen LogP contribution in [-0.4, -0.2) is 35.8 Å². The summed E-state index contributed by atoms with van der Waals surface area (Å²) >= 11 is 0. The Morgan fingerprint density at radius 1 is 1.18 bits per heavy atom. The summed E-state index contributed by atoms with van der Waals surface area (Å²) in [6.07, 6.45) is 5.49. The van der Waals surface area contributed by atoms with Gasteiger partial charge in [0.15, 0.2) is 7.85 Å². The highest BCUT2D eigenvalue weighted by atomic mass is 16.2. The lowest BCUT2D eigenvalue weighted by Crippen LogP contribution is -2.59. The first-order valence-corrected chi connectivity index (χ1v) is 8.45. The molecule has 5 heteroatoms. The molecule has 0 spiro atoms. The highest BCUT2D eigenvalue weighted by molar-refractivity contribution is 6.59. The molecule has 1 unspecified atom stereocenters. The third kappa shape index (κ3) is 3.44. The van der Waals surface area contributed by atoms with Gasteiger partial charge in [0.1, 0.15) is 0 Å². The van der Waals surface area contributed by atoms with Crippen molar-refractivity contribution in [2.24, 2.45) is 11.3 Å². The molecule has 4 nitrogen and oxygen atoms in total. The minimum Gasteiger partial charge on any atom is -0.311 e. The Morgan fingerprint density at radius 3 is 2.27 bits per heavy atom. The van der Waals surface area contributed by atoms with Crippen LogP contribution in [0, 0.1) is 11.3 Å². The molecule has 0 N–H and O–H groups in total. The van der Waals surface area contributed by atoms with E-state index in [0.717, 1.165) is 25.7 Å². The fourth-order valence-electron chi connectivity index (χ4n) is 3.04. The van der Waals surface area contributed by atoms with E-state index in [9.17, 15) is 14.4 Å². The van der Waals surface area contributed by atoms with Crippen molar-refractivity contribution in [3.05, 3.63) is 0 Å². The van der Waals surface area contributed by atoms with E-state index in [1.54, 1.807) is 0 Å². The minimum absolute atomic E-state index is 0.00973. The van der Waals surface area contributed by atoms with Gasteiger partial charge >= 0.3 is 0 Å². The molecule has 1 atom stereocenters. The number of unbranched alkanes of at least 4 members (excludes halogenated alkanes) is 3. The van der Waals surface area contributed by atoms with Crippen molar-refractivity contribution >= 4 is 25.3 Å². The highest BCUT2D eigenvalue weighted by Gasteiger charge is 2.53. The van der Waals surface area contributed by atoms with Crippen molar-refractivity contribution in [3.63, 3.8) is 0 Å². The van der Waals surface area contributed by atoms with E-state index in [4.69, 9.17) is 0 Å². The summed E-state index contributed by atoms with van der Waals surface area (Å²) in [6, 6.07) is 0. The van der Waals surface area contributed by atoms with Crippen molar-refractivity contribution in [2.45, 2.75) is 78.7 Å². The Hall–Kier alpha value is -1.13. The van der Waals surface area contributed by atoms with Crippen LogP contribution in [0.2, 0.25) is 0 Å². The van der Waals surface area contributed by atoms with Crippen LogP contribution in [0.25, 0.3) is 0 Å². The Labute approximate surface area is 135 Å². The van der Waals surface area contributed by atoms with E-state index < -0.39 is 11.0 Å². The first-order chi connectivity index (χ1) is 10.1. The number of hydrogen-bond donors (Lipinski definition) is 0. The van der Waals surface area contributed by atoms with E-state index in [1.807, 2.05) is 27.7 Å². The number of amides is 2. The second kappa shape index (κ2) is 6.97. The molecule has 1 rings (SSSR count). The van der Waals surface area contributed by atoms with E-state index in [2.05, 4.69) is 6.92 Å². The van der Waals surface area contributed by atoms with Gasteiger partial charge in [0.25, 0.3) is 0 Å². The van der Waals surface area contributed by atoms with Gasteiger partial charge in [-0.15, -0.1) is 0 Å². The smallest absolute Gasteiger partial charge is 0.233 e. The summed E-state index contributed by atoms with van der Waals surface area (Å²) in [5.41, 5.74) is -1.56. The van der Waals surface area contributed by atoms with Gasteiger partial charge in [-0.05, 0) is 20.3 Å². The molecule has 2 amide bonds. The maximum absolute atomic E-state index is 12.7. The molecule has 1 heterocycles. The second-order valence-electron chi connectivity index (χ2n) is 7.56. The molecule has 0 aliphatic carbocycles. The molecule has 1 aliphatic rings. The molecule has 124 valence electrons. The molecule has 0 saturated carbocycles. The lowest BCUT2D eigenvalue weighted by atomic mass is 9.65. The number of hydrogen-bond acceptors (Lipinski definition) is 3. The monoisotopic (exact) mass is 307 g/mol. The van der Waals surface area contributed by atoms with E-state index in [1.165, 1.54) is 19.2 Å². The van der Waals surface area contributed by atoms with Crippen molar-refractivity contribution in [3.8, 4) is 0 Å². The molecule has 0 aromatic heterocycles. The van der Waals surface area contributed by atoms with Crippen LogP contribution in [0.5, 0.6) is 0 Å². The van der Waals surface area contributed by atoms with Gasteiger partial charge in [-0.1, -0.05) is 46.5 Å². The Bertz CT molecular complexity index is 457. The third-order valence-electron chi connectivity index (χ3n) is 5.61. The average molecular weight is 307 g/mol. The molecular weight excluding hydrogens is 277 g/mol. The zero-order chi connectivity index (χ0) is 17.1. The SMILES string of the molecule is BC(=O)C(C)(C)C(C)(C)N1C(=O)CC(CCCCCC)C1=O. The molecule has 0 aromatic carbocycles. The summed E-state index contributed by atoms with van der Waals surface area (Å²) in [4.78, 5) is 38.4. The molecule has 22 heavy (non-hydrogen) atoms. The standard InChI is InChI=1S/C17H30BNO3/c1-6-7-8-9-10-12-11-13(20)19(14(12)21)17(4,5)16(2,3)15(18)22/h12H,6-11,18H2,1-5H3. The fourth-order valence-corrected chi connectivity index (χ4v) is 3.04. The molecule has 1 fully saturated rings. The molecule has 1 aliphatic heterocycles. The second-order valence-corrected chi connectivity index (χ2v) is 7.56. The lowest BCUT2D eigenvalue weighted by Gasteiger charge is -2.45. The zero-order valence-electron chi connectivity index (χ0n) is 15.0. The highest BCUT2D eigenvalue weighted by Crippen LogP contribution is 2.40. The number of rotatable bonds is 8. The first-order valence-electron chi connectivity index (χ1n) is 8.45. The zero-order valence-corrected chi connectivity index (χ0v) is 15.0.